The second-order valence-corrected chi connectivity index (χ2v) is 5.40. The molecule has 1 N–H and O–H groups in total. The van der Waals surface area contributed by atoms with Gasteiger partial charge in [-0.1, -0.05) is 13.8 Å². The third-order valence-corrected chi connectivity index (χ3v) is 3.10. The summed E-state index contributed by atoms with van der Waals surface area (Å²) in [5.41, 5.74) is 1.30. The molecule has 6 heteroatoms. The van der Waals surface area contributed by atoms with Crippen molar-refractivity contribution >= 4 is 17.5 Å². The first-order valence-corrected chi connectivity index (χ1v) is 6.91. The highest BCUT2D eigenvalue weighted by atomic mass is 16.4. The summed E-state index contributed by atoms with van der Waals surface area (Å²) >= 11 is 0. The summed E-state index contributed by atoms with van der Waals surface area (Å²) in [5.74, 6) is -0.776. The lowest BCUT2D eigenvalue weighted by Crippen LogP contribution is -2.36. The van der Waals surface area contributed by atoms with E-state index in [4.69, 9.17) is 5.11 Å². The SMILES string of the molecule is CC(C)CN(CCC(=O)O)C(=O)c1ccc2nccn2c1. The van der Waals surface area contributed by atoms with E-state index in [9.17, 15) is 9.59 Å². The fraction of sp³-hybridized carbons (Fsp3) is 0.400. The number of nitrogens with zero attached hydrogens (tertiary/aromatic N) is 3. The number of imidazole rings is 1. The Morgan fingerprint density at radius 2 is 2.14 bits per heavy atom. The molecule has 0 saturated heterocycles. The number of fused-ring (bicyclic) bond motifs is 1. The zero-order valence-corrected chi connectivity index (χ0v) is 12.2. The van der Waals surface area contributed by atoms with Crippen LogP contribution in [0.2, 0.25) is 0 Å². The van der Waals surface area contributed by atoms with Crippen molar-refractivity contribution in [2.75, 3.05) is 13.1 Å². The molecule has 0 fully saturated rings. The molecule has 0 saturated carbocycles. The average Bonchev–Trinajstić information content (AvgIpc) is 2.89. The standard InChI is InChI=1S/C15H19N3O3/c1-11(2)9-18(7-5-14(19)20)15(21)12-3-4-13-16-6-8-17(13)10-12/h3-4,6,8,10-11H,5,7,9H2,1-2H3,(H,19,20). The molecule has 2 aromatic heterocycles. The fourth-order valence-electron chi connectivity index (χ4n) is 2.18. The molecule has 112 valence electrons. The Labute approximate surface area is 123 Å². The number of amides is 1. The van der Waals surface area contributed by atoms with Gasteiger partial charge in [-0.3, -0.25) is 9.59 Å². The van der Waals surface area contributed by atoms with E-state index in [2.05, 4.69) is 4.98 Å². The number of aromatic nitrogens is 2. The van der Waals surface area contributed by atoms with E-state index in [-0.39, 0.29) is 24.8 Å². The van der Waals surface area contributed by atoms with Crippen LogP contribution in [0.5, 0.6) is 0 Å². The summed E-state index contributed by atoms with van der Waals surface area (Å²) in [6, 6.07) is 3.50. The van der Waals surface area contributed by atoms with Crippen LogP contribution in [0.3, 0.4) is 0 Å². The van der Waals surface area contributed by atoms with Crippen LogP contribution in [0.15, 0.2) is 30.7 Å². The maximum atomic E-state index is 12.6. The Bertz CT molecular complexity index is 648. The van der Waals surface area contributed by atoms with Gasteiger partial charge in [0.05, 0.1) is 12.0 Å². The second-order valence-electron chi connectivity index (χ2n) is 5.40. The zero-order valence-electron chi connectivity index (χ0n) is 12.2. The summed E-state index contributed by atoms with van der Waals surface area (Å²) in [4.78, 5) is 29.0. The molecule has 0 atom stereocenters. The van der Waals surface area contributed by atoms with Crippen LogP contribution in [-0.4, -0.2) is 44.4 Å². The van der Waals surface area contributed by atoms with E-state index in [1.807, 2.05) is 13.8 Å². The average molecular weight is 289 g/mol. The number of carbonyl (C=O) groups excluding carboxylic acids is 1. The van der Waals surface area contributed by atoms with Crippen LogP contribution >= 0.6 is 0 Å². The van der Waals surface area contributed by atoms with Crippen molar-refractivity contribution in [2.45, 2.75) is 20.3 Å². The Hall–Kier alpha value is -2.37. The van der Waals surface area contributed by atoms with E-state index in [0.717, 1.165) is 5.65 Å². The van der Waals surface area contributed by atoms with Gasteiger partial charge in [0.1, 0.15) is 5.65 Å². The molecule has 0 bridgehead atoms. The minimum Gasteiger partial charge on any atom is -0.481 e. The maximum Gasteiger partial charge on any atom is 0.305 e. The van der Waals surface area contributed by atoms with Gasteiger partial charge in [-0.2, -0.15) is 0 Å². The van der Waals surface area contributed by atoms with Crippen LogP contribution in [0, 0.1) is 5.92 Å². The van der Waals surface area contributed by atoms with Crippen molar-refractivity contribution in [1.82, 2.24) is 14.3 Å². The van der Waals surface area contributed by atoms with E-state index >= 15 is 0 Å². The maximum absolute atomic E-state index is 12.6. The molecule has 2 rings (SSSR count). The van der Waals surface area contributed by atoms with Crippen molar-refractivity contribution in [1.29, 1.82) is 0 Å². The highest BCUT2D eigenvalue weighted by Crippen LogP contribution is 2.10. The number of hydrogen-bond acceptors (Lipinski definition) is 3. The van der Waals surface area contributed by atoms with E-state index in [1.165, 1.54) is 0 Å². The molecule has 0 aliphatic heterocycles. The van der Waals surface area contributed by atoms with Gasteiger partial charge in [0.2, 0.25) is 0 Å². The molecule has 2 aromatic rings. The number of hydrogen-bond donors (Lipinski definition) is 1. The minimum absolute atomic E-state index is 0.0498. The number of rotatable bonds is 6. The van der Waals surface area contributed by atoms with Crippen LogP contribution in [0.4, 0.5) is 0 Å². The quantitative estimate of drug-likeness (QED) is 0.881. The van der Waals surface area contributed by atoms with Crippen molar-refractivity contribution in [3.8, 4) is 0 Å². The third-order valence-electron chi connectivity index (χ3n) is 3.10. The summed E-state index contributed by atoms with van der Waals surface area (Å²) in [6.45, 7) is 4.75. The summed E-state index contributed by atoms with van der Waals surface area (Å²) in [5, 5.41) is 8.81. The van der Waals surface area contributed by atoms with Gasteiger partial charge in [-0.15, -0.1) is 0 Å². The Morgan fingerprint density at radius 3 is 2.81 bits per heavy atom. The summed E-state index contributed by atoms with van der Waals surface area (Å²) in [6.07, 6.45) is 5.11. The molecule has 0 aliphatic carbocycles. The third kappa shape index (κ3) is 3.81. The van der Waals surface area contributed by atoms with Crippen molar-refractivity contribution < 1.29 is 14.7 Å². The molecule has 1 amide bonds. The van der Waals surface area contributed by atoms with Crippen molar-refractivity contribution in [2.24, 2.45) is 5.92 Å². The lowest BCUT2D eigenvalue weighted by atomic mass is 10.1. The first-order chi connectivity index (χ1) is 9.97. The van der Waals surface area contributed by atoms with Crippen molar-refractivity contribution in [3.05, 3.63) is 36.3 Å². The normalized spacial score (nSPS) is 11.0. The highest BCUT2D eigenvalue weighted by Gasteiger charge is 2.18. The van der Waals surface area contributed by atoms with Gasteiger partial charge < -0.3 is 14.4 Å². The number of pyridine rings is 1. The topological polar surface area (TPSA) is 74.9 Å². The highest BCUT2D eigenvalue weighted by molar-refractivity contribution is 5.94. The van der Waals surface area contributed by atoms with Crippen molar-refractivity contribution in [3.63, 3.8) is 0 Å². The summed E-state index contributed by atoms with van der Waals surface area (Å²) in [7, 11) is 0. The van der Waals surface area contributed by atoms with Crippen LogP contribution in [-0.2, 0) is 4.79 Å². The molecular formula is C15H19N3O3. The van der Waals surface area contributed by atoms with Gasteiger partial charge >= 0.3 is 5.97 Å². The smallest absolute Gasteiger partial charge is 0.305 e. The monoisotopic (exact) mass is 289 g/mol. The van der Waals surface area contributed by atoms with E-state index in [1.54, 1.807) is 40.0 Å². The van der Waals surface area contributed by atoms with E-state index in [0.29, 0.717) is 12.1 Å². The van der Waals surface area contributed by atoms with Gasteiger partial charge in [0, 0.05) is 31.7 Å². The zero-order chi connectivity index (χ0) is 15.4. The largest absolute Gasteiger partial charge is 0.481 e. The number of carboxylic acid groups (broad SMARTS) is 1. The molecule has 0 radical (unpaired) electrons. The van der Waals surface area contributed by atoms with Crippen LogP contribution in [0.1, 0.15) is 30.6 Å². The van der Waals surface area contributed by atoms with Gasteiger partial charge in [0.25, 0.3) is 5.91 Å². The molecule has 21 heavy (non-hydrogen) atoms. The predicted molar refractivity (Wildman–Crippen MR) is 78.2 cm³/mol. The lowest BCUT2D eigenvalue weighted by Gasteiger charge is -2.24. The molecule has 0 spiro atoms. The molecule has 2 heterocycles. The minimum atomic E-state index is -0.901. The molecular weight excluding hydrogens is 270 g/mol. The van der Waals surface area contributed by atoms with E-state index < -0.39 is 5.97 Å². The lowest BCUT2D eigenvalue weighted by molar-refractivity contribution is -0.137. The number of carboxylic acids is 1. The van der Waals surface area contributed by atoms with Gasteiger partial charge in [0.15, 0.2) is 0 Å². The first-order valence-electron chi connectivity index (χ1n) is 6.91. The predicted octanol–water partition coefficient (Wildman–Crippen LogP) is 1.91. The second kappa shape index (κ2) is 6.39. The van der Waals surface area contributed by atoms with Gasteiger partial charge in [-0.25, -0.2) is 4.98 Å². The molecule has 6 nitrogen and oxygen atoms in total. The van der Waals surface area contributed by atoms with Crippen LogP contribution in [0.25, 0.3) is 5.65 Å². The fourth-order valence-corrected chi connectivity index (χ4v) is 2.18. The first kappa shape index (κ1) is 15.0. The number of aliphatic carboxylic acids is 1. The van der Waals surface area contributed by atoms with Crippen LogP contribution < -0.4 is 0 Å². The molecule has 0 unspecified atom stereocenters. The summed E-state index contributed by atoms with van der Waals surface area (Å²) < 4.78 is 1.78. The molecule has 0 aromatic carbocycles. The Morgan fingerprint density at radius 1 is 1.38 bits per heavy atom. The molecule has 0 aliphatic rings. The number of carbonyl (C=O) groups is 2. The Balaban J connectivity index is 2.20. The van der Waals surface area contributed by atoms with Gasteiger partial charge in [-0.05, 0) is 18.1 Å². The Kier molecular flexibility index (Phi) is 4.57.